The molecule has 0 radical (unpaired) electrons. The van der Waals surface area contributed by atoms with Gasteiger partial charge in [-0.15, -0.1) is 0 Å². The molecular formula is C21H24N4O. The SMILES string of the molecule is CN(C)c1ccc(C(=O)N2CCN(Cc3ccccc3)[C@H](C#N)C2)cc1. The van der Waals surface area contributed by atoms with Gasteiger partial charge in [-0.1, -0.05) is 30.3 Å². The van der Waals surface area contributed by atoms with Gasteiger partial charge in [-0.3, -0.25) is 9.69 Å². The van der Waals surface area contributed by atoms with Crippen LogP contribution in [0.5, 0.6) is 0 Å². The summed E-state index contributed by atoms with van der Waals surface area (Å²) >= 11 is 0. The lowest BCUT2D eigenvalue weighted by Gasteiger charge is -2.38. The summed E-state index contributed by atoms with van der Waals surface area (Å²) in [4.78, 5) is 18.7. The fourth-order valence-corrected chi connectivity index (χ4v) is 3.22. The second-order valence-corrected chi connectivity index (χ2v) is 6.79. The van der Waals surface area contributed by atoms with Crippen LogP contribution < -0.4 is 4.90 Å². The number of carbonyl (C=O) groups is 1. The molecule has 1 amide bonds. The predicted molar refractivity (Wildman–Crippen MR) is 103 cm³/mol. The van der Waals surface area contributed by atoms with Crippen molar-refractivity contribution in [2.75, 3.05) is 38.6 Å². The molecule has 0 N–H and O–H groups in total. The molecule has 0 spiro atoms. The summed E-state index contributed by atoms with van der Waals surface area (Å²) in [5.41, 5.74) is 2.92. The molecule has 2 aromatic rings. The third kappa shape index (κ3) is 4.04. The second kappa shape index (κ2) is 8.03. The number of nitrogens with zero attached hydrogens (tertiary/aromatic N) is 4. The van der Waals surface area contributed by atoms with Crippen molar-refractivity contribution < 1.29 is 4.79 Å². The average Bonchev–Trinajstić information content (AvgIpc) is 2.68. The Balaban J connectivity index is 1.66. The van der Waals surface area contributed by atoms with E-state index in [1.165, 1.54) is 5.56 Å². The summed E-state index contributed by atoms with van der Waals surface area (Å²) in [7, 11) is 3.95. The van der Waals surface area contributed by atoms with Crippen LogP contribution in [0.4, 0.5) is 5.69 Å². The van der Waals surface area contributed by atoms with Gasteiger partial charge in [0.05, 0.1) is 6.07 Å². The molecule has 5 heteroatoms. The van der Waals surface area contributed by atoms with Crippen molar-refractivity contribution in [3.8, 4) is 6.07 Å². The number of hydrogen-bond acceptors (Lipinski definition) is 4. The van der Waals surface area contributed by atoms with E-state index < -0.39 is 0 Å². The zero-order valence-electron chi connectivity index (χ0n) is 15.3. The van der Waals surface area contributed by atoms with Crippen LogP contribution in [0.3, 0.4) is 0 Å². The normalized spacial score (nSPS) is 17.6. The van der Waals surface area contributed by atoms with Gasteiger partial charge >= 0.3 is 0 Å². The highest BCUT2D eigenvalue weighted by molar-refractivity contribution is 5.94. The van der Waals surface area contributed by atoms with Crippen LogP contribution in [0.25, 0.3) is 0 Å². The Hall–Kier alpha value is -2.84. The van der Waals surface area contributed by atoms with Crippen LogP contribution in [-0.2, 0) is 6.54 Å². The molecule has 1 heterocycles. The van der Waals surface area contributed by atoms with E-state index in [-0.39, 0.29) is 11.9 Å². The van der Waals surface area contributed by atoms with Crippen molar-refractivity contribution in [3.05, 3.63) is 65.7 Å². The lowest BCUT2D eigenvalue weighted by Crippen LogP contribution is -2.53. The molecule has 1 aliphatic heterocycles. The van der Waals surface area contributed by atoms with E-state index in [4.69, 9.17) is 0 Å². The standard InChI is InChI=1S/C21H24N4O/c1-23(2)19-10-8-18(9-11-19)21(26)25-13-12-24(20(14-22)16-25)15-17-6-4-3-5-7-17/h3-11,20H,12-13,15-16H2,1-2H3/t20-/m1/s1. The molecule has 2 aromatic carbocycles. The Bertz CT molecular complexity index is 780. The molecule has 0 aromatic heterocycles. The molecule has 0 bridgehead atoms. The van der Waals surface area contributed by atoms with Crippen molar-refractivity contribution in [1.29, 1.82) is 5.26 Å². The first-order chi connectivity index (χ1) is 12.6. The predicted octanol–water partition coefficient (Wildman–Crippen LogP) is 2.60. The number of benzene rings is 2. The number of amides is 1. The first-order valence-electron chi connectivity index (χ1n) is 8.83. The fourth-order valence-electron chi connectivity index (χ4n) is 3.22. The van der Waals surface area contributed by atoms with E-state index in [2.05, 4.69) is 23.1 Å². The number of carbonyl (C=O) groups excluding carboxylic acids is 1. The summed E-state index contributed by atoms with van der Waals surface area (Å²) in [6.07, 6.45) is 0. The Labute approximate surface area is 155 Å². The Morgan fingerprint density at radius 2 is 1.81 bits per heavy atom. The average molecular weight is 348 g/mol. The van der Waals surface area contributed by atoms with E-state index in [0.717, 1.165) is 12.2 Å². The largest absolute Gasteiger partial charge is 0.378 e. The van der Waals surface area contributed by atoms with Gasteiger partial charge in [0, 0.05) is 51.5 Å². The van der Waals surface area contributed by atoms with Crippen LogP contribution in [0.15, 0.2) is 54.6 Å². The number of piperazine rings is 1. The van der Waals surface area contributed by atoms with Crippen LogP contribution in [0, 0.1) is 11.3 Å². The minimum atomic E-state index is -0.283. The number of anilines is 1. The molecule has 0 unspecified atom stereocenters. The second-order valence-electron chi connectivity index (χ2n) is 6.79. The minimum absolute atomic E-state index is 0.00471. The Morgan fingerprint density at radius 3 is 2.42 bits per heavy atom. The monoisotopic (exact) mass is 348 g/mol. The molecule has 1 atom stereocenters. The van der Waals surface area contributed by atoms with Crippen molar-refractivity contribution in [2.45, 2.75) is 12.6 Å². The van der Waals surface area contributed by atoms with Gasteiger partial charge in [0.2, 0.25) is 0 Å². The molecule has 0 aliphatic carbocycles. The quantitative estimate of drug-likeness (QED) is 0.852. The highest BCUT2D eigenvalue weighted by Gasteiger charge is 2.30. The van der Waals surface area contributed by atoms with Gasteiger partial charge in [-0.25, -0.2) is 0 Å². The van der Waals surface area contributed by atoms with E-state index in [1.54, 1.807) is 4.90 Å². The zero-order valence-corrected chi connectivity index (χ0v) is 15.3. The Morgan fingerprint density at radius 1 is 1.12 bits per heavy atom. The molecule has 26 heavy (non-hydrogen) atoms. The highest BCUT2D eigenvalue weighted by atomic mass is 16.2. The van der Waals surface area contributed by atoms with Gasteiger partial charge in [0.15, 0.2) is 0 Å². The summed E-state index contributed by atoms with van der Waals surface area (Å²) in [6.45, 7) is 2.52. The molecule has 1 aliphatic rings. The van der Waals surface area contributed by atoms with E-state index >= 15 is 0 Å². The molecule has 0 saturated carbocycles. The zero-order chi connectivity index (χ0) is 18.5. The summed E-state index contributed by atoms with van der Waals surface area (Å²) < 4.78 is 0. The fraction of sp³-hybridized carbons (Fsp3) is 0.333. The number of nitriles is 1. The Kier molecular flexibility index (Phi) is 5.55. The topological polar surface area (TPSA) is 50.6 Å². The van der Waals surface area contributed by atoms with Gasteiger partial charge < -0.3 is 9.80 Å². The first-order valence-corrected chi connectivity index (χ1v) is 8.83. The van der Waals surface area contributed by atoms with Crippen LogP contribution in [0.2, 0.25) is 0 Å². The van der Waals surface area contributed by atoms with E-state index in [0.29, 0.717) is 25.2 Å². The van der Waals surface area contributed by atoms with Crippen LogP contribution in [-0.4, -0.2) is 55.5 Å². The number of rotatable bonds is 4. The van der Waals surface area contributed by atoms with Crippen molar-refractivity contribution >= 4 is 11.6 Å². The number of hydrogen-bond donors (Lipinski definition) is 0. The van der Waals surface area contributed by atoms with Crippen molar-refractivity contribution in [3.63, 3.8) is 0 Å². The third-order valence-electron chi connectivity index (χ3n) is 4.79. The molecule has 3 rings (SSSR count). The third-order valence-corrected chi connectivity index (χ3v) is 4.79. The smallest absolute Gasteiger partial charge is 0.253 e. The maximum Gasteiger partial charge on any atom is 0.253 e. The first kappa shape index (κ1) is 18.0. The highest BCUT2D eigenvalue weighted by Crippen LogP contribution is 2.18. The molecule has 1 saturated heterocycles. The van der Waals surface area contributed by atoms with Crippen LogP contribution in [0.1, 0.15) is 15.9 Å². The summed E-state index contributed by atoms with van der Waals surface area (Å²) in [5.74, 6) is -0.00471. The lowest BCUT2D eigenvalue weighted by molar-refractivity contribution is 0.0552. The molecule has 5 nitrogen and oxygen atoms in total. The van der Waals surface area contributed by atoms with Crippen molar-refractivity contribution in [1.82, 2.24) is 9.80 Å². The molecule has 134 valence electrons. The van der Waals surface area contributed by atoms with Gasteiger partial charge in [0.1, 0.15) is 6.04 Å². The summed E-state index contributed by atoms with van der Waals surface area (Å²) in [6, 6.07) is 19.8. The van der Waals surface area contributed by atoms with Crippen LogP contribution >= 0.6 is 0 Å². The molecular weight excluding hydrogens is 324 g/mol. The van der Waals surface area contributed by atoms with E-state index in [9.17, 15) is 10.1 Å². The van der Waals surface area contributed by atoms with Gasteiger partial charge in [0.25, 0.3) is 5.91 Å². The lowest BCUT2D eigenvalue weighted by atomic mass is 10.1. The minimum Gasteiger partial charge on any atom is -0.378 e. The van der Waals surface area contributed by atoms with Gasteiger partial charge in [-0.2, -0.15) is 5.26 Å². The van der Waals surface area contributed by atoms with Crippen molar-refractivity contribution in [2.24, 2.45) is 0 Å². The van der Waals surface area contributed by atoms with E-state index in [1.807, 2.05) is 61.5 Å². The molecule has 1 fully saturated rings. The summed E-state index contributed by atoms with van der Waals surface area (Å²) in [5, 5.41) is 9.57. The maximum atomic E-state index is 12.8. The van der Waals surface area contributed by atoms with Gasteiger partial charge in [-0.05, 0) is 29.8 Å². The maximum absolute atomic E-state index is 12.8.